The zero-order chi connectivity index (χ0) is 23.3. The Morgan fingerprint density at radius 2 is 2.03 bits per heavy atom. The quantitative estimate of drug-likeness (QED) is 0.509. The van der Waals surface area contributed by atoms with Gasteiger partial charge >= 0.3 is 0 Å². The van der Waals surface area contributed by atoms with Crippen LogP contribution in [0.2, 0.25) is 0 Å². The number of aliphatic hydroxyl groups is 2. The Bertz CT molecular complexity index is 879. The Balaban J connectivity index is 2.02. The van der Waals surface area contributed by atoms with Gasteiger partial charge in [-0.15, -0.1) is 0 Å². The first-order chi connectivity index (χ1) is 15.4. The predicted octanol–water partition coefficient (Wildman–Crippen LogP) is 2.15. The van der Waals surface area contributed by atoms with Crippen molar-refractivity contribution >= 4 is 11.8 Å². The molecule has 1 aromatic rings. The molecule has 7 heteroatoms. The average molecular weight is 443 g/mol. The van der Waals surface area contributed by atoms with Crippen molar-refractivity contribution in [3.8, 4) is 5.75 Å². The first kappa shape index (κ1) is 24.0. The van der Waals surface area contributed by atoms with Crippen LogP contribution >= 0.6 is 0 Å². The van der Waals surface area contributed by atoms with E-state index in [9.17, 15) is 14.7 Å². The molecule has 3 N–H and O–H groups in total. The lowest BCUT2D eigenvalue weighted by Crippen LogP contribution is -2.55. The van der Waals surface area contributed by atoms with Gasteiger partial charge in [-0.25, -0.2) is 0 Å². The van der Waals surface area contributed by atoms with Gasteiger partial charge in [0.2, 0.25) is 11.8 Å². The number of nitrogens with one attached hydrogen (secondary N) is 1. The van der Waals surface area contributed by atoms with Gasteiger partial charge in [0, 0.05) is 24.2 Å². The van der Waals surface area contributed by atoms with Gasteiger partial charge in [-0.1, -0.05) is 45.0 Å². The third-order valence-corrected chi connectivity index (χ3v) is 5.96. The fraction of sp³-hybridized carbons (Fsp3) is 0.520. The highest BCUT2D eigenvalue weighted by molar-refractivity contribution is 5.96. The summed E-state index contributed by atoms with van der Waals surface area (Å²) in [4.78, 5) is 27.7. The summed E-state index contributed by atoms with van der Waals surface area (Å²) in [5, 5.41) is 23.2. The molecule has 0 unspecified atom stereocenters. The molecule has 174 valence electrons. The smallest absolute Gasteiger partial charge is 0.247 e. The lowest BCUT2D eigenvalue weighted by Gasteiger charge is -2.40. The van der Waals surface area contributed by atoms with E-state index < -0.39 is 24.2 Å². The van der Waals surface area contributed by atoms with Gasteiger partial charge in [-0.2, -0.15) is 0 Å². The first-order valence-electron chi connectivity index (χ1n) is 11.4. The Morgan fingerprint density at radius 3 is 2.72 bits per heavy atom. The number of hydrogen-bond acceptors (Lipinski definition) is 5. The number of aliphatic hydroxyl groups excluding tert-OH is 2. The SMILES string of the molecule is CCC=CC(=O)N(CCC(C)C)[C@@H]1C=C(C(=O)NCCO)[C@@H]2c3ccccc3O[C@@H]2[C@H]1O. The molecule has 7 nitrogen and oxygen atoms in total. The summed E-state index contributed by atoms with van der Waals surface area (Å²) in [5.74, 6) is 0.0408. The van der Waals surface area contributed by atoms with Crippen LogP contribution in [-0.4, -0.2) is 64.9 Å². The standard InChI is InChI=1S/C25H34N2O5/c1-4-5-10-21(29)27(13-11-16(2)3)19-15-18(25(31)26-12-14-28)22-17-8-6-7-9-20(17)32-24(22)23(19)30/h5-10,15-16,19,22-24,28,30H,4,11-14H2,1-3H3,(H,26,31)/t19-,22+,23+,24+/m1/s1. The van der Waals surface area contributed by atoms with Crippen LogP contribution in [0, 0.1) is 5.92 Å². The van der Waals surface area contributed by atoms with Crippen LogP contribution in [0.15, 0.2) is 48.1 Å². The third kappa shape index (κ3) is 5.05. The van der Waals surface area contributed by atoms with Crippen molar-refractivity contribution in [3.05, 3.63) is 53.6 Å². The second-order valence-electron chi connectivity index (χ2n) is 8.71. The number of rotatable bonds is 9. The zero-order valence-corrected chi connectivity index (χ0v) is 19.0. The first-order valence-corrected chi connectivity index (χ1v) is 11.4. The Morgan fingerprint density at radius 1 is 1.28 bits per heavy atom. The number of ether oxygens (including phenoxy) is 1. The van der Waals surface area contributed by atoms with Gasteiger partial charge in [0.05, 0.1) is 18.6 Å². The molecule has 0 spiro atoms. The fourth-order valence-electron chi connectivity index (χ4n) is 4.31. The van der Waals surface area contributed by atoms with E-state index in [2.05, 4.69) is 19.2 Å². The molecule has 32 heavy (non-hydrogen) atoms. The summed E-state index contributed by atoms with van der Waals surface area (Å²) in [5.41, 5.74) is 1.29. The molecular formula is C25H34N2O5. The fourth-order valence-corrected chi connectivity index (χ4v) is 4.31. The third-order valence-electron chi connectivity index (χ3n) is 5.96. The van der Waals surface area contributed by atoms with Crippen molar-refractivity contribution in [2.75, 3.05) is 19.7 Å². The number of carbonyl (C=O) groups excluding carboxylic acids is 2. The van der Waals surface area contributed by atoms with E-state index in [1.165, 1.54) is 6.08 Å². The van der Waals surface area contributed by atoms with Crippen molar-refractivity contribution in [2.45, 2.75) is 57.8 Å². The highest BCUT2D eigenvalue weighted by atomic mass is 16.5. The highest BCUT2D eigenvalue weighted by Crippen LogP contribution is 2.47. The summed E-state index contributed by atoms with van der Waals surface area (Å²) in [6, 6.07) is 6.74. The summed E-state index contributed by atoms with van der Waals surface area (Å²) < 4.78 is 6.10. The maximum absolute atomic E-state index is 13.0. The van der Waals surface area contributed by atoms with Gasteiger partial charge in [0.25, 0.3) is 0 Å². The van der Waals surface area contributed by atoms with Gasteiger partial charge < -0.3 is 25.2 Å². The normalized spacial score (nSPS) is 24.0. The summed E-state index contributed by atoms with van der Waals surface area (Å²) in [7, 11) is 0. The van der Waals surface area contributed by atoms with Crippen LogP contribution < -0.4 is 10.1 Å². The van der Waals surface area contributed by atoms with E-state index >= 15 is 0 Å². The van der Waals surface area contributed by atoms with Crippen LogP contribution in [0.5, 0.6) is 5.75 Å². The summed E-state index contributed by atoms with van der Waals surface area (Å²) in [6.07, 6.45) is 4.86. The van der Waals surface area contributed by atoms with E-state index in [0.717, 1.165) is 18.4 Å². The van der Waals surface area contributed by atoms with Crippen molar-refractivity contribution in [3.63, 3.8) is 0 Å². The predicted molar refractivity (Wildman–Crippen MR) is 122 cm³/mol. The van der Waals surface area contributed by atoms with Crippen LogP contribution in [0.1, 0.15) is 45.1 Å². The lowest BCUT2D eigenvalue weighted by atomic mass is 9.77. The number of carbonyl (C=O) groups is 2. The molecule has 2 aliphatic rings. The van der Waals surface area contributed by atoms with Crippen molar-refractivity contribution in [1.29, 1.82) is 0 Å². The van der Waals surface area contributed by atoms with Crippen molar-refractivity contribution in [2.24, 2.45) is 5.92 Å². The zero-order valence-electron chi connectivity index (χ0n) is 19.0. The lowest BCUT2D eigenvalue weighted by molar-refractivity contribution is -0.132. The summed E-state index contributed by atoms with van der Waals surface area (Å²) >= 11 is 0. The molecule has 0 fully saturated rings. The Hall–Kier alpha value is -2.64. The molecular weight excluding hydrogens is 408 g/mol. The summed E-state index contributed by atoms with van der Waals surface area (Å²) in [6.45, 7) is 6.52. The molecule has 3 rings (SSSR count). The largest absolute Gasteiger partial charge is 0.486 e. The molecule has 4 atom stereocenters. The molecule has 1 aromatic carbocycles. The van der Waals surface area contributed by atoms with E-state index in [-0.39, 0.29) is 25.0 Å². The number of benzene rings is 1. The number of para-hydroxylation sites is 1. The van der Waals surface area contributed by atoms with Crippen molar-refractivity contribution in [1.82, 2.24) is 10.2 Å². The van der Waals surface area contributed by atoms with E-state index in [4.69, 9.17) is 9.84 Å². The maximum Gasteiger partial charge on any atom is 0.247 e. The monoisotopic (exact) mass is 442 g/mol. The molecule has 1 heterocycles. The minimum atomic E-state index is -0.993. The minimum Gasteiger partial charge on any atom is -0.486 e. The second-order valence-corrected chi connectivity index (χ2v) is 8.71. The van der Waals surface area contributed by atoms with Gasteiger partial charge in [-0.3, -0.25) is 9.59 Å². The molecule has 2 amide bonds. The van der Waals surface area contributed by atoms with E-state index in [1.807, 2.05) is 31.2 Å². The molecule has 0 saturated heterocycles. The number of hydrogen-bond donors (Lipinski definition) is 3. The Kier molecular flexibility index (Phi) is 8.10. The molecule has 1 aliphatic carbocycles. The van der Waals surface area contributed by atoms with Gasteiger partial charge in [0.15, 0.2) is 0 Å². The number of allylic oxidation sites excluding steroid dienone is 1. The van der Waals surface area contributed by atoms with E-state index in [0.29, 0.717) is 23.8 Å². The van der Waals surface area contributed by atoms with Crippen LogP contribution in [0.4, 0.5) is 0 Å². The van der Waals surface area contributed by atoms with Crippen molar-refractivity contribution < 1.29 is 24.5 Å². The van der Waals surface area contributed by atoms with Crippen LogP contribution in [0.3, 0.4) is 0 Å². The van der Waals surface area contributed by atoms with Gasteiger partial charge in [-0.05, 0) is 37.0 Å². The molecule has 0 radical (unpaired) electrons. The van der Waals surface area contributed by atoms with Crippen LogP contribution in [0.25, 0.3) is 0 Å². The molecule has 0 bridgehead atoms. The van der Waals surface area contributed by atoms with E-state index in [1.54, 1.807) is 17.1 Å². The number of amides is 2. The average Bonchev–Trinajstić information content (AvgIpc) is 3.17. The molecule has 0 saturated carbocycles. The number of fused-ring (bicyclic) bond motifs is 3. The maximum atomic E-state index is 13.0. The van der Waals surface area contributed by atoms with Gasteiger partial charge in [0.1, 0.15) is 18.0 Å². The number of nitrogens with zero attached hydrogens (tertiary/aromatic N) is 1. The van der Waals surface area contributed by atoms with Crippen LogP contribution in [-0.2, 0) is 9.59 Å². The molecule has 1 aliphatic heterocycles. The Labute approximate surface area is 189 Å². The highest BCUT2D eigenvalue weighted by Gasteiger charge is 2.50. The molecule has 0 aromatic heterocycles. The minimum absolute atomic E-state index is 0.124. The second kappa shape index (κ2) is 10.8. The topological polar surface area (TPSA) is 99.1 Å².